The van der Waals surface area contributed by atoms with Crippen molar-refractivity contribution in [3.05, 3.63) is 68.5 Å². The first-order chi connectivity index (χ1) is 13.0. The van der Waals surface area contributed by atoms with Gasteiger partial charge in [0, 0.05) is 18.2 Å². The molecule has 0 unspecified atom stereocenters. The number of benzene rings is 1. The van der Waals surface area contributed by atoms with Crippen molar-refractivity contribution in [1.82, 2.24) is 0 Å². The van der Waals surface area contributed by atoms with Crippen LogP contribution in [0.1, 0.15) is 37.3 Å². The van der Waals surface area contributed by atoms with E-state index in [0.717, 1.165) is 43.2 Å². The van der Waals surface area contributed by atoms with Gasteiger partial charge in [-0.2, -0.15) is 5.10 Å². The lowest BCUT2D eigenvalue weighted by Crippen LogP contribution is -2.37. The molecule has 1 aromatic carbocycles. The molecule has 0 spiro atoms. The van der Waals surface area contributed by atoms with Crippen molar-refractivity contribution in [3.63, 3.8) is 0 Å². The van der Waals surface area contributed by atoms with Crippen molar-refractivity contribution < 1.29 is 14.4 Å². The Bertz CT molecular complexity index is 912. The highest BCUT2D eigenvalue weighted by Gasteiger charge is 2.28. The Kier molecular flexibility index (Phi) is 5.39. The SMILES string of the molecule is C[n+]1ccccc1[C@H]1CCCC/C1=N/Nc1ccc([N+](=O)[O-])cc1[N+](=O)[O-]. The van der Waals surface area contributed by atoms with Crippen molar-refractivity contribution in [2.75, 3.05) is 5.43 Å². The molecule has 1 N–H and O–H groups in total. The first-order valence-electron chi connectivity index (χ1n) is 8.67. The molecule has 140 valence electrons. The Morgan fingerprint density at radius 3 is 2.67 bits per heavy atom. The number of aryl methyl sites for hydroxylation is 1. The summed E-state index contributed by atoms with van der Waals surface area (Å²) in [5.41, 5.74) is 4.27. The second kappa shape index (κ2) is 7.90. The molecular weight excluding hydrogens is 350 g/mol. The van der Waals surface area contributed by atoms with Gasteiger partial charge in [-0.25, -0.2) is 4.57 Å². The topological polar surface area (TPSA) is 115 Å². The Labute approximate surface area is 155 Å². The van der Waals surface area contributed by atoms with E-state index < -0.39 is 9.85 Å². The lowest BCUT2D eigenvalue weighted by atomic mass is 9.84. The summed E-state index contributed by atoms with van der Waals surface area (Å²) in [6.45, 7) is 0. The third kappa shape index (κ3) is 4.08. The van der Waals surface area contributed by atoms with Gasteiger partial charge in [0.1, 0.15) is 12.7 Å². The normalized spacial score (nSPS) is 18.3. The average Bonchev–Trinajstić information content (AvgIpc) is 2.67. The number of nitrogens with one attached hydrogen (secondary N) is 1. The van der Waals surface area contributed by atoms with Crippen molar-refractivity contribution in [1.29, 1.82) is 0 Å². The predicted octanol–water partition coefficient (Wildman–Crippen LogP) is 3.45. The highest BCUT2D eigenvalue weighted by atomic mass is 16.6. The van der Waals surface area contributed by atoms with E-state index in [2.05, 4.69) is 21.2 Å². The molecule has 9 nitrogen and oxygen atoms in total. The Hall–Kier alpha value is -3.36. The maximum absolute atomic E-state index is 11.3. The summed E-state index contributed by atoms with van der Waals surface area (Å²) >= 11 is 0. The third-order valence-corrected chi connectivity index (χ3v) is 4.74. The van der Waals surface area contributed by atoms with Gasteiger partial charge in [-0.3, -0.25) is 25.7 Å². The second-order valence-electron chi connectivity index (χ2n) is 6.47. The number of hydrazone groups is 1. The van der Waals surface area contributed by atoms with Crippen LogP contribution in [0.3, 0.4) is 0 Å². The number of aromatic nitrogens is 1. The largest absolute Gasteiger partial charge is 0.301 e. The minimum atomic E-state index is -0.657. The number of nitro groups is 2. The van der Waals surface area contributed by atoms with E-state index >= 15 is 0 Å². The van der Waals surface area contributed by atoms with Gasteiger partial charge in [0.2, 0.25) is 0 Å². The third-order valence-electron chi connectivity index (χ3n) is 4.74. The lowest BCUT2D eigenvalue weighted by molar-refractivity contribution is -0.679. The zero-order valence-electron chi connectivity index (χ0n) is 14.9. The molecule has 1 aromatic heterocycles. The standard InChI is InChI=1S/C18H20N5O4/c1-21-11-5-4-8-17(21)14-6-2-3-7-15(14)19-20-16-10-9-13(22(24)25)12-18(16)23(26)27/h4-5,8-12,14,20H,2-3,6-7H2,1H3/q+1/b19-15-/t14-/m0/s1. The number of nitrogens with zero attached hydrogens (tertiary/aromatic N) is 4. The van der Waals surface area contributed by atoms with Crippen LogP contribution in [0, 0.1) is 20.2 Å². The molecule has 2 aromatic rings. The Balaban J connectivity index is 1.90. The molecule has 0 amide bonds. The van der Waals surface area contributed by atoms with Crippen molar-refractivity contribution in [2.45, 2.75) is 31.6 Å². The van der Waals surface area contributed by atoms with Gasteiger partial charge in [-0.05, 0) is 25.3 Å². The van der Waals surface area contributed by atoms with Crippen LogP contribution in [0.5, 0.6) is 0 Å². The van der Waals surface area contributed by atoms with Gasteiger partial charge < -0.3 is 0 Å². The molecule has 0 bridgehead atoms. The summed E-state index contributed by atoms with van der Waals surface area (Å²) in [5, 5.41) is 26.6. The quantitative estimate of drug-likeness (QED) is 0.492. The average molecular weight is 370 g/mol. The molecule has 3 rings (SSSR count). The fraction of sp³-hybridized carbons (Fsp3) is 0.333. The Morgan fingerprint density at radius 2 is 1.96 bits per heavy atom. The maximum Gasteiger partial charge on any atom is 0.301 e. The molecule has 1 atom stereocenters. The zero-order valence-corrected chi connectivity index (χ0v) is 14.9. The second-order valence-corrected chi connectivity index (χ2v) is 6.47. The predicted molar refractivity (Wildman–Crippen MR) is 99.6 cm³/mol. The van der Waals surface area contributed by atoms with Gasteiger partial charge in [0.15, 0.2) is 11.9 Å². The highest BCUT2D eigenvalue weighted by molar-refractivity contribution is 5.91. The van der Waals surface area contributed by atoms with E-state index in [1.807, 2.05) is 25.4 Å². The summed E-state index contributed by atoms with van der Waals surface area (Å²) < 4.78 is 2.06. The monoisotopic (exact) mass is 370 g/mol. The summed E-state index contributed by atoms with van der Waals surface area (Å²) in [4.78, 5) is 20.8. The van der Waals surface area contributed by atoms with Crippen molar-refractivity contribution in [3.8, 4) is 0 Å². The number of non-ortho nitro benzene ring substituents is 1. The summed E-state index contributed by atoms with van der Waals surface area (Å²) in [6.07, 6.45) is 5.84. The first kappa shape index (κ1) is 18.4. The molecule has 0 saturated heterocycles. The molecular formula is C18H20N5O4+. The van der Waals surface area contributed by atoms with Gasteiger partial charge in [0.25, 0.3) is 5.69 Å². The number of hydrogen-bond donors (Lipinski definition) is 1. The van der Waals surface area contributed by atoms with Crippen LogP contribution in [0.15, 0.2) is 47.7 Å². The number of hydrogen-bond acceptors (Lipinski definition) is 6. The van der Waals surface area contributed by atoms with Crippen LogP contribution in [0.4, 0.5) is 17.1 Å². The fourth-order valence-electron chi connectivity index (χ4n) is 3.36. The van der Waals surface area contributed by atoms with Crippen molar-refractivity contribution in [2.24, 2.45) is 12.1 Å². The van der Waals surface area contributed by atoms with Crippen LogP contribution in [-0.4, -0.2) is 15.6 Å². The molecule has 1 heterocycles. The molecule has 1 saturated carbocycles. The molecule has 1 fully saturated rings. The zero-order chi connectivity index (χ0) is 19.4. The van der Waals surface area contributed by atoms with Crippen LogP contribution < -0.4 is 9.99 Å². The number of nitro benzene ring substituents is 2. The van der Waals surface area contributed by atoms with Gasteiger partial charge in [0.05, 0.1) is 27.5 Å². The molecule has 27 heavy (non-hydrogen) atoms. The number of rotatable bonds is 5. The minimum Gasteiger partial charge on any atom is -0.272 e. The number of pyridine rings is 1. The van der Waals surface area contributed by atoms with Crippen molar-refractivity contribution >= 4 is 22.8 Å². The van der Waals surface area contributed by atoms with E-state index in [1.54, 1.807) is 0 Å². The number of anilines is 1. The van der Waals surface area contributed by atoms with Crippen LogP contribution in [0.25, 0.3) is 0 Å². The van der Waals surface area contributed by atoms with E-state index in [4.69, 9.17) is 0 Å². The molecule has 9 heteroatoms. The highest BCUT2D eigenvalue weighted by Crippen LogP contribution is 2.31. The summed E-state index contributed by atoms with van der Waals surface area (Å²) in [7, 11) is 1.98. The first-order valence-corrected chi connectivity index (χ1v) is 8.67. The van der Waals surface area contributed by atoms with Gasteiger partial charge >= 0.3 is 5.69 Å². The fourth-order valence-corrected chi connectivity index (χ4v) is 3.36. The molecule has 1 aliphatic carbocycles. The lowest BCUT2D eigenvalue weighted by Gasteiger charge is -2.22. The molecule has 0 radical (unpaired) electrons. The van der Waals surface area contributed by atoms with E-state index in [1.165, 1.54) is 12.1 Å². The van der Waals surface area contributed by atoms with Crippen LogP contribution in [-0.2, 0) is 7.05 Å². The molecule has 1 aliphatic rings. The van der Waals surface area contributed by atoms with Crippen LogP contribution in [0.2, 0.25) is 0 Å². The summed E-state index contributed by atoms with van der Waals surface area (Å²) in [5.74, 6) is 0.134. The van der Waals surface area contributed by atoms with E-state index in [-0.39, 0.29) is 23.0 Å². The van der Waals surface area contributed by atoms with E-state index in [9.17, 15) is 20.2 Å². The van der Waals surface area contributed by atoms with E-state index in [0.29, 0.717) is 0 Å². The smallest absolute Gasteiger partial charge is 0.272 e. The minimum absolute atomic E-state index is 0.134. The molecule has 0 aliphatic heterocycles. The Morgan fingerprint density at radius 1 is 1.15 bits per heavy atom. The summed E-state index contributed by atoms with van der Waals surface area (Å²) in [6, 6.07) is 9.49. The maximum atomic E-state index is 11.3. The van der Waals surface area contributed by atoms with Crippen LogP contribution >= 0.6 is 0 Å². The van der Waals surface area contributed by atoms with Gasteiger partial charge in [-0.1, -0.05) is 12.5 Å². The van der Waals surface area contributed by atoms with Gasteiger partial charge in [-0.15, -0.1) is 0 Å².